The van der Waals surface area contributed by atoms with E-state index in [1.165, 1.54) is 0 Å². The Morgan fingerprint density at radius 1 is 1.43 bits per heavy atom. The maximum absolute atomic E-state index is 10.8. The number of halogens is 2. The van der Waals surface area contributed by atoms with Crippen LogP contribution in [0.15, 0.2) is 27.5 Å². The highest BCUT2D eigenvalue weighted by Gasteiger charge is 2.06. The topological polar surface area (TPSA) is 61.5 Å². The second-order valence-electron chi connectivity index (χ2n) is 2.65. The lowest BCUT2D eigenvalue weighted by atomic mass is 10.2. The van der Waals surface area contributed by atoms with Crippen molar-refractivity contribution in [1.29, 1.82) is 0 Å². The fourth-order valence-corrected chi connectivity index (χ4v) is 1.84. The lowest BCUT2D eigenvalue weighted by molar-refractivity contribution is 1.05. The minimum atomic E-state index is -0.348. The molecule has 0 aliphatic carbocycles. The Kier molecular flexibility index (Phi) is 2.43. The average Bonchev–Trinajstić information content (AvgIpc) is 2.51. The Labute approximate surface area is 92.4 Å². The summed E-state index contributed by atoms with van der Waals surface area (Å²) in [6.07, 6.45) is 0. The molecule has 0 unspecified atom stereocenters. The smallest absolute Gasteiger partial charge is 0.289 e. The number of H-pyrrole nitrogens is 2. The van der Waals surface area contributed by atoms with Crippen LogP contribution in [0.3, 0.4) is 0 Å². The molecule has 14 heavy (non-hydrogen) atoms. The Bertz CT molecular complexity index is 519. The Balaban J connectivity index is 2.57. The monoisotopic (exact) mass is 273 g/mol. The quantitative estimate of drug-likeness (QED) is 0.837. The number of aromatic nitrogens is 3. The molecule has 0 fully saturated rings. The van der Waals surface area contributed by atoms with E-state index in [0.29, 0.717) is 16.4 Å². The van der Waals surface area contributed by atoms with E-state index < -0.39 is 0 Å². The van der Waals surface area contributed by atoms with Gasteiger partial charge in [-0.25, -0.2) is 9.89 Å². The summed E-state index contributed by atoms with van der Waals surface area (Å²) < 4.78 is 0.879. The molecule has 0 saturated heterocycles. The van der Waals surface area contributed by atoms with Crippen molar-refractivity contribution in [3.05, 3.63) is 38.2 Å². The third-order valence-corrected chi connectivity index (χ3v) is 2.49. The minimum Gasteiger partial charge on any atom is -0.289 e. The van der Waals surface area contributed by atoms with Gasteiger partial charge in [-0.3, -0.25) is 4.98 Å². The van der Waals surface area contributed by atoms with Crippen LogP contribution in [0.25, 0.3) is 11.4 Å². The molecule has 1 heterocycles. The zero-order valence-corrected chi connectivity index (χ0v) is 9.19. The molecule has 6 heteroatoms. The normalized spacial score (nSPS) is 10.4. The van der Waals surface area contributed by atoms with Gasteiger partial charge in [0, 0.05) is 10.0 Å². The van der Waals surface area contributed by atoms with E-state index in [1.54, 1.807) is 12.1 Å². The number of aromatic amines is 2. The number of nitrogens with one attached hydrogen (secondary N) is 2. The summed E-state index contributed by atoms with van der Waals surface area (Å²) in [5.41, 5.74) is 0.340. The standard InChI is InChI=1S/C8H5BrClN3O/c9-4-1-2-5(6(10)3-4)7-11-8(14)13-12-7/h1-3H,(H2,11,12,13,14). The maximum Gasteiger partial charge on any atom is 0.340 e. The largest absolute Gasteiger partial charge is 0.340 e. The van der Waals surface area contributed by atoms with Gasteiger partial charge in [0.05, 0.1) is 5.02 Å². The average molecular weight is 275 g/mol. The van der Waals surface area contributed by atoms with Crippen LogP contribution in [0.5, 0.6) is 0 Å². The molecule has 1 aromatic heterocycles. The summed E-state index contributed by atoms with van der Waals surface area (Å²) in [5, 5.41) is 6.59. The molecule has 0 saturated carbocycles. The Hall–Kier alpha value is -1.07. The SMILES string of the molecule is O=c1[nH]nc(-c2ccc(Br)cc2Cl)[nH]1. The van der Waals surface area contributed by atoms with Crippen molar-refractivity contribution in [3.8, 4) is 11.4 Å². The molecule has 2 rings (SSSR count). The van der Waals surface area contributed by atoms with Crippen molar-refractivity contribution in [2.75, 3.05) is 0 Å². The maximum atomic E-state index is 10.8. The fraction of sp³-hybridized carbons (Fsp3) is 0. The first-order valence-electron chi connectivity index (χ1n) is 3.77. The van der Waals surface area contributed by atoms with Gasteiger partial charge < -0.3 is 0 Å². The summed E-state index contributed by atoms with van der Waals surface area (Å²) >= 11 is 9.26. The first kappa shape index (κ1) is 9.48. The van der Waals surface area contributed by atoms with Crippen LogP contribution in [0.4, 0.5) is 0 Å². The van der Waals surface area contributed by atoms with Crippen molar-refractivity contribution < 1.29 is 0 Å². The molecule has 72 valence electrons. The van der Waals surface area contributed by atoms with Gasteiger partial charge in [0.15, 0.2) is 5.82 Å². The lowest BCUT2D eigenvalue weighted by Crippen LogP contribution is -2.00. The van der Waals surface area contributed by atoms with E-state index >= 15 is 0 Å². The molecule has 1 aromatic carbocycles. The van der Waals surface area contributed by atoms with Crippen LogP contribution >= 0.6 is 27.5 Å². The highest BCUT2D eigenvalue weighted by atomic mass is 79.9. The van der Waals surface area contributed by atoms with Crippen LogP contribution in [0, 0.1) is 0 Å². The van der Waals surface area contributed by atoms with Gasteiger partial charge in [-0.1, -0.05) is 27.5 Å². The zero-order valence-electron chi connectivity index (χ0n) is 6.84. The molecule has 0 aliphatic heterocycles. The summed E-state index contributed by atoms with van der Waals surface area (Å²) in [6, 6.07) is 5.34. The predicted octanol–water partition coefficient (Wildman–Crippen LogP) is 2.18. The van der Waals surface area contributed by atoms with E-state index in [4.69, 9.17) is 11.6 Å². The molecule has 0 amide bonds. The predicted molar refractivity (Wildman–Crippen MR) is 57.4 cm³/mol. The molecule has 4 nitrogen and oxygen atoms in total. The highest BCUT2D eigenvalue weighted by molar-refractivity contribution is 9.10. The first-order chi connectivity index (χ1) is 6.66. The number of rotatable bonds is 1. The molecule has 0 radical (unpaired) electrons. The van der Waals surface area contributed by atoms with E-state index in [2.05, 4.69) is 31.1 Å². The van der Waals surface area contributed by atoms with Gasteiger partial charge in [-0.2, -0.15) is 5.10 Å². The lowest BCUT2D eigenvalue weighted by Gasteiger charge is -1.99. The summed E-state index contributed by atoms with van der Waals surface area (Å²) in [4.78, 5) is 13.3. The van der Waals surface area contributed by atoms with Crippen molar-refractivity contribution in [1.82, 2.24) is 15.2 Å². The van der Waals surface area contributed by atoms with Gasteiger partial charge in [-0.05, 0) is 18.2 Å². The van der Waals surface area contributed by atoms with Gasteiger partial charge >= 0.3 is 5.69 Å². The minimum absolute atomic E-state index is 0.348. The first-order valence-corrected chi connectivity index (χ1v) is 4.94. The Morgan fingerprint density at radius 3 is 2.79 bits per heavy atom. The molecule has 2 N–H and O–H groups in total. The van der Waals surface area contributed by atoms with Gasteiger partial charge in [-0.15, -0.1) is 0 Å². The second kappa shape index (κ2) is 3.59. The zero-order chi connectivity index (χ0) is 10.1. The molecule has 0 bridgehead atoms. The van der Waals surface area contributed by atoms with Crippen LogP contribution in [0.2, 0.25) is 5.02 Å². The highest BCUT2D eigenvalue weighted by Crippen LogP contribution is 2.27. The number of hydrogen-bond donors (Lipinski definition) is 2. The van der Waals surface area contributed by atoms with E-state index in [9.17, 15) is 4.79 Å². The van der Waals surface area contributed by atoms with Crippen molar-refractivity contribution in [2.24, 2.45) is 0 Å². The number of hydrogen-bond acceptors (Lipinski definition) is 2. The van der Waals surface area contributed by atoms with Gasteiger partial charge in [0.1, 0.15) is 0 Å². The number of nitrogens with zero attached hydrogens (tertiary/aromatic N) is 1. The summed E-state index contributed by atoms with van der Waals surface area (Å²) in [6.45, 7) is 0. The molecule has 0 aliphatic rings. The van der Waals surface area contributed by atoms with E-state index in [1.807, 2.05) is 6.07 Å². The molecular formula is C8H5BrClN3O. The van der Waals surface area contributed by atoms with Crippen LogP contribution in [0.1, 0.15) is 0 Å². The van der Waals surface area contributed by atoms with Crippen LogP contribution in [-0.4, -0.2) is 15.2 Å². The molecule has 0 spiro atoms. The van der Waals surface area contributed by atoms with Crippen molar-refractivity contribution >= 4 is 27.5 Å². The van der Waals surface area contributed by atoms with Crippen LogP contribution in [-0.2, 0) is 0 Å². The van der Waals surface area contributed by atoms with Gasteiger partial charge in [0.2, 0.25) is 0 Å². The Morgan fingerprint density at radius 2 is 2.21 bits per heavy atom. The van der Waals surface area contributed by atoms with Crippen LogP contribution < -0.4 is 5.69 Å². The molecular weight excluding hydrogens is 269 g/mol. The third-order valence-electron chi connectivity index (χ3n) is 1.69. The van der Waals surface area contributed by atoms with E-state index in [-0.39, 0.29) is 5.69 Å². The van der Waals surface area contributed by atoms with Crippen molar-refractivity contribution in [2.45, 2.75) is 0 Å². The number of benzene rings is 1. The van der Waals surface area contributed by atoms with E-state index in [0.717, 1.165) is 4.47 Å². The summed E-state index contributed by atoms with van der Waals surface area (Å²) in [5.74, 6) is 0.438. The fourth-order valence-electron chi connectivity index (χ4n) is 1.08. The third kappa shape index (κ3) is 1.73. The molecule has 2 aromatic rings. The van der Waals surface area contributed by atoms with Gasteiger partial charge in [0.25, 0.3) is 0 Å². The second-order valence-corrected chi connectivity index (χ2v) is 3.97. The van der Waals surface area contributed by atoms with Crippen molar-refractivity contribution in [3.63, 3.8) is 0 Å². The molecule has 0 atom stereocenters. The summed E-state index contributed by atoms with van der Waals surface area (Å²) in [7, 11) is 0.